The number of benzene rings is 1. The van der Waals surface area contributed by atoms with Crippen LogP contribution in [0.1, 0.15) is 31.7 Å². The van der Waals surface area contributed by atoms with Gasteiger partial charge >= 0.3 is 5.69 Å². The Morgan fingerprint density at radius 2 is 2.21 bits per heavy atom. The molecule has 1 aromatic heterocycles. The molecule has 8 nitrogen and oxygen atoms in total. The quantitative estimate of drug-likeness (QED) is 0.415. The summed E-state index contributed by atoms with van der Waals surface area (Å²) in [6.45, 7) is 2.82. The average molecular weight is 331 g/mol. The first kappa shape index (κ1) is 17.5. The summed E-state index contributed by atoms with van der Waals surface area (Å²) in [5.74, 6) is 1.61. The minimum Gasteiger partial charge on any atom is -0.493 e. The number of nitrogens with one attached hydrogen (secondary N) is 2. The largest absolute Gasteiger partial charge is 0.493 e. The lowest BCUT2D eigenvalue weighted by Gasteiger charge is -2.11. The van der Waals surface area contributed by atoms with Gasteiger partial charge in [0.25, 0.3) is 0 Å². The van der Waals surface area contributed by atoms with Gasteiger partial charge in [-0.1, -0.05) is 19.8 Å². The summed E-state index contributed by atoms with van der Waals surface area (Å²) in [5.41, 5.74) is 2.92. The van der Waals surface area contributed by atoms with E-state index in [1.54, 1.807) is 13.3 Å². The number of hydrogen-bond acceptors (Lipinski definition) is 7. The maximum atomic E-state index is 11.0. The van der Waals surface area contributed by atoms with Crippen LogP contribution < -0.4 is 20.6 Å². The molecule has 0 aliphatic carbocycles. The molecule has 0 saturated heterocycles. The number of methoxy groups -OCH3 is 1. The minimum absolute atomic E-state index is 0.262. The fraction of sp³-hybridized carbons (Fsp3) is 0.375. The highest BCUT2D eigenvalue weighted by Gasteiger charge is 2.05. The molecule has 2 rings (SSSR count). The van der Waals surface area contributed by atoms with Crippen LogP contribution in [0.15, 0.2) is 34.3 Å². The van der Waals surface area contributed by atoms with Crippen LogP contribution in [0.4, 0.5) is 5.82 Å². The Hall–Kier alpha value is -2.90. The highest BCUT2D eigenvalue weighted by molar-refractivity contribution is 5.81. The van der Waals surface area contributed by atoms with Gasteiger partial charge in [0.15, 0.2) is 17.3 Å². The van der Waals surface area contributed by atoms with E-state index in [0.717, 1.165) is 24.8 Å². The minimum atomic E-state index is -0.540. The molecule has 128 valence electrons. The van der Waals surface area contributed by atoms with Crippen LogP contribution in [0.3, 0.4) is 0 Å². The van der Waals surface area contributed by atoms with Crippen molar-refractivity contribution in [2.75, 3.05) is 19.1 Å². The molecule has 0 spiro atoms. The van der Waals surface area contributed by atoms with Crippen LogP contribution in [0.5, 0.6) is 11.5 Å². The molecule has 8 heteroatoms. The molecule has 0 unspecified atom stereocenters. The zero-order chi connectivity index (χ0) is 17.2. The molecule has 0 saturated carbocycles. The Morgan fingerprint density at radius 1 is 1.33 bits per heavy atom. The molecule has 24 heavy (non-hydrogen) atoms. The van der Waals surface area contributed by atoms with E-state index in [9.17, 15) is 4.79 Å². The second kappa shape index (κ2) is 9.29. The highest BCUT2D eigenvalue weighted by Crippen LogP contribution is 2.27. The molecule has 1 aromatic carbocycles. The SMILES string of the molecule is CCCCCOc1ccc(C=NNc2cn[nH]c(=O)n2)cc1OC. The number of nitrogens with zero attached hydrogens (tertiary/aromatic N) is 3. The molecule has 0 amide bonds. The van der Waals surface area contributed by atoms with Crippen molar-refractivity contribution < 1.29 is 9.47 Å². The van der Waals surface area contributed by atoms with Gasteiger partial charge in [0.1, 0.15) is 0 Å². The fourth-order valence-corrected chi connectivity index (χ4v) is 1.96. The number of aromatic amines is 1. The number of hydrogen-bond donors (Lipinski definition) is 2. The molecule has 0 aliphatic rings. The second-order valence-electron chi connectivity index (χ2n) is 5.01. The summed E-state index contributed by atoms with van der Waals surface area (Å²) in [6, 6.07) is 5.54. The van der Waals surface area contributed by atoms with Crippen LogP contribution in [0, 0.1) is 0 Å². The smallest absolute Gasteiger partial charge is 0.363 e. The molecular weight excluding hydrogens is 310 g/mol. The number of rotatable bonds is 9. The lowest BCUT2D eigenvalue weighted by Crippen LogP contribution is -2.13. The standard InChI is InChI=1S/C16H21N5O3/c1-3-4-5-8-24-13-7-6-12(9-14(13)23-2)10-17-20-15-11-18-21-16(22)19-15/h6-7,9-11H,3-5,8H2,1-2H3,(H2,19,20,21,22). The first-order valence-corrected chi connectivity index (χ1v) is 7.74. The van der Waals surface area contributed by atoms with Crippen LogP contribution in [-0.4, -0.2) is 35.1 Å². The van der Waals surface area contributed by atoms with Gasteiger partial charge in [-0.25, -0.2) is 9.89 Å². The predicted molar refractivity (Wildman–Crippen MR) is 91.9 cm³/mol. The summed E-state index contributed by atoms with van der Waals surface area (Å²) in [5, 5.41) is 9.82. The Bertz CT molecular complexity index is 730. The normalized spacial score (nSPS) is 10.8. The van der Waals surface area contributed by atoms with Crippen molar-refractivity contribution in [1.82, 2.24) is 15.2 Å². The van der Waals surface area contributed by atoms with Crippen molar-refractivity contribution in [2.45, 2.75) is 26.2 Å². The van der Waals surface area contributed by atoms with Crippen LogP contribution in [0.25, 0.3) is 0 Å². The van der Waals surface area contributed by atoms with E-state index in [1.165, 1.54) is 6.20 Å². The third-order valence-corrected chi connectivity index (χ3v) is 3.15. The lowest BCUT2D eigenvalue weighted by molar-refractivity contribution is 0.286. The molecule has 1 heterocycles. The zero-order valence-electron chi connectivity index (χ0n) is 13.8. The van der Waals surface area contributed by atoms with E-state index in [-0.39, 0.29) is 5.82 Å². The Labute approximate surface area is 139 Å². The number of hydrazone groups is 1. The Balaban J connectivity index is 1.98. The number of anilines is 1. The van der Waals surface area contributed by atoms with E-state index in [2.05, 4.69) is 32.6 Å². The highest BCUT2D eigenvalue weighted by atomic mass is 16.5. The molecule has 0 fully saturated rings. The Kier molecular flexibility index (Phi) is 6.75. The summed E-state index contributed by atoms with van der Waals surface area (Å²) in [7, 11) is 1.60. The van der Waals surface area contributed by atoms with Crippen LogP contribution >= 0.6 is 0 Å². The summed E-state index contributed by atoms with van der Waals surface area (Å²) in [6.07, 6.45) is 6.27. The second-order valence-corrected chi connectivity index (χ2v) is 5.01. The monoisotopic (exact) mass is 331 g/mol. The first-order chi connectivity index (χ1) is 11.7. The van der Waals surface area contributed by atoms with Crippen molar-refractivity contribution in [2.24, 2.45) is 5.10 Å². The van der Waals surface area contributed by atoms with Gasteiger partial charge in [0.2, 0.25) is 0 Å². The van der Waals surface area contributed by atoms with Crippen molar-refractivity contribution in [1.29, 1.82) is 0 Å². The van der Waals surface area contributed by atoms with E-state index in [4.69, 9.17) is 9.47 Å². The lowest BCUT2D eigenvalue weighted by atomic mass is 10.2. The molecule has 0 bridgehead atoms. The van der Waals surface area contributed by atoms with Gasteiger partial charge in [-0.3, -0.25) is 5.43 Å². The van der Waals surface area contributed by atoms with Gasteiger partial charge in [0, 0.05) is 0 Å². The van der Waals surface area contributed by atoms with Crippen molar-refractivity contribution in [3.05, 3.63) is 40.4 Å². The fourth-order valence-electron chi connectivity index (χ4n) is 1.96. The number of H-pyrrole nitrogens is 1. The predicted octanol–water partition coefficient (Wildman–Crippen LogP) is 2.19. The van der Waals surface area contributed by atoms with Crippen LogP contribution in [-0.2, 0) is 0 Å². The molecule has 2 aromatic rings. The third-order valence-electron chi connectivity index (χ3n) is 3.15. The average Bonchev–Trinajstić information content (AvgIpc) is 2.59. The molecule has 2 N–H and O–H groups in total. The molecular formula is C16H21N5O3. The number of ether oxygens (including phenoxy) is 2. The maximum Gasteiger partial charge on any atom is 0.363 e. The summed E-state index contributed by atoms with van der Waals surface area (Å²) in [4.78, 5) is 14.7. The van der Waals surface area contributed by atoms with Gasteiger partial charge in [-0.2, -0.15) is 15.2 Å². The maximum absolute atomic E-state index is 11.0. The molecule has 0 radical (unpaired) electrons. The molecule has 0 atom stereocenters. The van der Waals surface area contributed by atoms with Gasteiger partial charge in [-0.15, -0.1) is 0 Å². The van der Waals surface area contributed by atoms with Crippen molar-refractivity contribution in [3.8, 4) is 11.5 Å². The number of aromatic nitrogens is 3. The van der Waals surface area contributed by atoms with Gasteiger partial charge in [-0.05, 0) is 30.2 Å². The van der Waals surface area contributed by atoms with E-state index >= 15 is 0 Å². The van der Waals surface area contributed by atoms with Crippen molar-refractivity contribution >= 4 is 12.0 Å². The zero-order valence-corrected chi connectivity index (χ0v) is 13.8. The Morgan fingerprint density at radius 3 is 2.96 bits per heavy atom. The first-order valence-electron chi connectivity index (χ1n) is 7.74. The van der Waals surface area contributed by atoms with Gasteiger partial charge in [0.05, 0.1) is 26.1 Å². The van der Waals surface area contributed by atoms with E-state index < -0.39 is 5.69 Å². The third kappa shape index (κ3) is 5.38. The topological polar surface area (TPSA) is 101 Å². The van der Waals surface area contributed by atoms with Crippen LogP contribution in [0.2, 0.25) is 0 Å². The van der Waals surface area contributed by atoms with Crippen molar-refractivity contribution in [3.63, 3.8) is 0 Å². The van der Waals surface area contributed by atoms with Gasteiger partial charge < -0.3 is 9.47 Å². The van der Waals surface area contributed by atoms with E-state index in [1.807, 2.05) is 18.2 Å². The summed E-state index contributed by atoms with van der Waals surface area (Å²) >= 11 is 0. The number of unbranched alkanes of at least 4 members (excludes halogenated alkanes) is 2. The van der Waals surface area contributed by atoms with E-state index in [0.29, 0.717) is 18.1 Å². The molecule has 0 aliphatic heterocycles. The summed E-state index contributed by atoms with van der Waals surface area (Å²) < 4.78 is 11.1.